The summed E-state index contributed by atoms with van der Waals surface area (Å²) in [7, 11) is 1.12. The first-order chi connectivity index (χ1) is 18.4. The van der Waals surface area contributed by atoms with Crippen LogP contribution in [0.5, 0.6) is 5.75 Å². The number of methoxy groups -OCH3 is 1. The molecule has 2 saturated heterocycles. The monoisotopic (exact) mass is 566 g/mol. The van der Waals surface area contributed by atoms with Gasteiger partial charge in [-0.1, -0.05) is 0 Å². The first-order valence-electron chi connectivity index (χ1n) is 13.9. The SMILES string of the molecule is COc1cc(C)c(S(=O)(=O)N(C)CCOCC(=O)N(C)CC2CCN(C(=O)C(C)N3CCCC3)CC2)c(C)c1. The maximum absolute atomic E-state index is 13.1. The molecule has 1 aromatic carbocycles. The van der Waals surface area contributed by atoms with Crippen LogP contribution in [0.1, 0.15) is 43.7 Å². The first-order valence-corrected chi connectivity index (χ1v) is 15.4. The smallest absolute Gasteiger partial charge is 0.248 e. The van der Waals surface area contributed by atoms with Crippen molar-refractivity contribution in [2.45, 2.75) is 57.4 Å². The molecule has 2 amide bonds. The van der Waals surface area contributed by atoms with Crippen LogP contribution < -0.4 is 4.74 Å². The van der Waals surface area contributed by atoms with E-state index in [4.69, 9.17) is 9.47 Å². The Labute approximate surface area is 234 Å². The molecule has 2 heterocycles. The second-order valence-electron chi connectivity index (χ2n) is 10.9. The van der Waals surface area contributed by atoms with Crippen molar-refractivity contribution in [2.24, 2.45) is 5.92 Å². The molecule has 2 aliphatic heterocycles. The van der Waals surface area contributed by atoms with E-state index in [2.05, 4.69) is 4.90 Å². The van der Waals surface area contributed by atoms with Crippen LogP contribution in [0, 0.1) is 19.8 Å². The zero-order valence-corrected chi connectivity index (χ0v) is 25.3. The maximum Gasteiger partial charge on any atom is 0.248 e. The quantitative estimate of drug-likeness (QED) is 0.358. The van der Waals surface area contributed by atoms with E-state index < -0.39 is 10.0 Å². The molecule has 0 N–H and O–H groups in total. The summed E-state index contributed by atoms with van der Waals surface area (Å²) in [5.74, 6) is 1.04. The van der Waals surface area contributed by atoms with Gasteiger partial charge in [0.25, 0.3) is 0 Å². The van der Waals surface area contributed by atoms with Gasteiger partial charge in [0.05, 0.1) is 24.7 Å². The molecule has 0 aromatic heterocycles. The minimum absolute atomic E-state index is 0.0521. The lowest BCUT2D eigenvalue weighted by molar-refractivity contribution is -0.139. The third kappa shape index (κ3) is 7.93. The van der Waals surface area contributed by atoms with Crippen LogP contribution in [0.15, 0.2) is 17.0 Å². The molecule has 10 nitrogen and oxygen atoms in total. The Kier molecular flexibility index (Phi) is 11.2. The highest BCUT2D eigenvalue weighted by atomic mass is 32.2. The van der Waals surface area contributed by atoms with Gasteiger partial charge in [0.2, 0.25) is 21.8 Å². The highest BCUT2D eigenvalue weighted by Crippen LogP contribution is 2.27. The topological polar surface area (TPSA) is 99.7 Å². The number of amides is 2. The number of ether oxygens (including phenoxy) is 2. The fourth-order valence-corrected chi connectivity index (χ4v) is 7.11. The molecular weight excluding hydrogens is 520 g/mol. The van der Waals surface area contributed by atoms with Crippen LogP contribution in [-0.4, -0.2) is 119 Å². The number of likely N-dealkylation sites (N-methyl/N-ethyl adjacent to an activating group) is 2. The number of nitrogens with zero attached hydrogens (tertiary/aromatic N) is 4. The number of benzene rings is 1. The van der Waals surface area contributed by atoms with Crippen LogP contribution in [0.2, 0.25) is 0 Å². The Morgan fingerprint density at radius 3 is 2.21 bits per heavy atom. The van der Waals surface area contributed by atoms with Crippen molar-refractivity contribution in [3.63, 3.8) is 0 Å². The summed E-state index contributed by atoms with van der Waals surface area (Å²) in [5.41, 5.74) is 1.24. The number of aryl methyl sites for hydroxylation is 2. The van der Waals surface area contributed by atoms with Crippen LogP contribution in [0.25, 0.3) is 0 Å². The molecule has 0 radical (unpaired) electrons. The van der Waals surface area contributed by atoms with Gasteiger partial charge in [-0.25, -0.2) is 8.42 Å². The van der Waals surface area contributed by atoms with Crippen molar-refractivity contribution >= 4 is 21.8 Å². The summed E-state index contributed by atoms with van der Waals surface area (Å²) in [4.78, 5) is 31.7. The lowest BCUT2D eigenvalue weighted by atomic mass is 9.95. The standard InChI is InChI=1S/C28H46N4O6S/c1-21-17-25(37-6)18-22(2)27(21)39(35,36)30(5)15-16-38-20-26(33)29(4)19-24-9-13-32(14-10-24)28(34)23(3)31-11-7-8-12-31/h17-18,23-24H,7-16,19-20H2,1-6H3. The van der Waals surface area contributed by atoms with Gasteiger partial charge in [0, 0.05) is 40.3 Å². The van der Waals surface area contributed by atoms with Gasteiger partial charge in [-0.3, -0.25) is 14.5 Å². The van der Waals surface area contributed by atoms with Gasteiger partial charge >= 0.3 is 0 Å². The van der Waals surface area contributed by atoms with Crippen molar-refractivity contribution in [1.82, 2.24) is 19.0 Å². The molecule has 1 aromatic rings. The number of hydrogen-bond acceptors (Lipinski definition) is 7. The highest BCUT2D eigenvalue weighted by molar-refractivity contribution is 7.89. The molecule has 0 saturated carbocycles. The van der Waals surface area contributed by atoms with Crippen molar-refractivity contribution < 1.29 is 27.5 Å². The van der Waals surface area contributed by atoms with E-state index in [1.807, 2.05) is 11.8 Å². The van der Waals surface area contributed by atoms with E-state index in [9.17, 15) is 18.0 Å². The average Bonchev–Trinajstić information content (AvgIpc) is 3.44. The second kappa shape index (κ2) is 13.9. The highest BCUT2D eigenvalue weighted by Gasteiger charge is 2.31. The zero-order valence-electron chi connectivity index (χ0n) is 24.4. The van der Waals surface area contributed by atoms with E-state index in [-0.39, 0.29) is 42.5 Å². The van der Waals surface area contributed by atoms with E-state index in [0.29, 0.717) is 29.3 Å². The average molecular weight is 567 g/mol. The van der Waals surface area contributed by atoms with Gasteiger partial charge in [-0.05, 0) is 88.7 Å². The van der Waals surface area contributed by atoms with Crippen molar-refractivity contribution in [3.8, 4) is 5.75 Å². The molecule has 11 heteroatoms. The Balaban J connectivity index is 1.38. The van der Waals surface area contributed by atoms with Gasteiger partial charge < -0.3 is 19.3 Å². The molecule has 1 atom stereocenters. The predicted molar refractivity (Wildman–Crippen MR) is 150 cm³/mol. The van der Waals surface area contributed by atoms with Gasteiger partial charge in [0.15, 0.2) is 0 Å². The van der Waals surface area contributed by atoms with Crippen LogP contribution >= 0.6 is 0 Å². The van der Waals surface area contributed by atoms with Crippen LogP contribution in [0.4, 0.5) is 0 Å². The zero-order chi connectivity index (χ0) is 28.7. The van der Waals surface area contributed by atoms with Gasteiger partial charge in [-0.2, -0.15) is 4.31 Å². The lowest BCUT2D eigenvalue weighted by Crippen LogP contribution is -2.49. The molecule has 0 bridgehead atoms. The fraction of sp³-hybridized carbons (Fsp3) is 0.714. The van der Waals surface area contributed by atoms with Crippen molar-refractivity contribution in [3.05, 3.63) is 23.3 Å². The van der Waals surface area contributed by atoms with Gasteiger partial charge in [0.1, 0.15) is 12.4 Å². The van der Waals surface area contributed by atoms with E-state index in [1.54, 1.807) is 45.0 Å². The molecule has 2 fully saturated rings. The summed E-state index contributed by atoms with van der Waals surface area (Å²) in [6, 6.07) is 3.36. The van der Waals surface area contributed by atoms with E-state index in [1.165, 1.54) is 24.2 Å². The number of hydrogen-bond donors (Lipinski definition) is 0. The largest absolute Gasteiger partial charge is 0.497 e. The summed E-state index contributed by atoms with van der Waals surface area (Å²) in [6.07, 6.45) is 4.10. The number of carbonyl (C=O) groups is 2. The molecular formula is C28H46N4O6S. The number of piperidine rings is 1. The van der Waals surface area contributed by atoms with Crippen LogP contribution in [-0.2, 0) is 24.3 Å². The number of sulfonamides is 1. The first kappa shape index (κ1) is 31.3. The molecule has 2 aliphatic rings. The summed E-state index contributed by atoms with van der Waals surface area (Å²) in [5, 5.41) is 0. The Hall–Kier alpha value is -2.21. The molecule has 39 heavy (non-hydrogen) atoms. The third-order valence-electron chi connectivity index (χ3n) is 8.04. The maximum atomic E-state index is 13.1. The Bertz CT molecular complexity index is 1070. The predicted octanol–water partition coefficient (Wildman–Crippen LogP) is 2.13. The second-order valence-corrected chi connectivity index (χ2v) is 12.9. The molecule has 3 rings (SSSR count). The number of carbonyl (C=O) groups excluding carboxylic acids is 2. The van der Waals surface area contributed by atoms with E-state index in [0.717, 1.165) is 39.0 Å². The van der Waals surface area contributed by atoms with Crippen LogP contribution in [0.3, 0.4) is 0 Å². The fourth-order valence-electron chi connectivity index (χ4n) is 5.55. The number of likely N-dealkylation sites (tertiary alicyclic amines) is 2. The molecule has 1 unspecified atom stereocenters. The lowest BCUT2D eigenvalue weighted by Gasteiger charge is -2.36. The number of rotatable bonds is 12. The normalized spacial score (nSPS) is 18.0. The third-order valence-corrected chi connectivity index (χ3v) is 10.2. The van der Waals surface area contributed by atoms with E-state index >= 15 is 0 Å². The molecule has 0 spiro atoms. The Morgan fingerprint density at radius 2 is 1.64 bits per heavy atom. The summed E-state index contributed by atoms with van der Waals surface area (Å²) in [6.45, 7) is 9.75. The van der Waals surface area contributed by atoms with Gasteiger partial charge in [-0.15, -0.1) is 0 Å². The minimum Gasteiger partial charge on any atom is -0.497 e. The summed E-state index contributed by atoms with van der Waals surface area (Å²) < 4.78 is 38.3. The van der Waals surface area contributed by atoms with Crippen molar-refractivity contribution in [2.75, 3.05) is 73.7 Å². The summed E-state index contributed by atoms with van der Waals surface area (Å²) >= 11 is 0. The Morgan fingerprint density at radius 1 is 1.05 bits per heavy atom. The molecule has 0 aliphatic carbocycles. The van der Waals surface area contributed by atoms with Crippen molar-refractivity contribution in [1.29, 1.82) is 0 Å². The minimum atomic E-state index is -3.71. The molecule has 220 valence electrons.